The second kappa shape index (κ2) is 5.46. The van der Waals surface area contributed by atoms with E-state index in [2.05, 4.69) is 5.32 Å². The second-order valence-electron chi connectivity index (χ2n) is 3.89. The number of amides is 1. The summed E-state index contributed by atoms with van der Waals surface area (Å²) in [5, 5.41) is 12.1. The van der Waals surface area contributed by atoms with Crippen LogP contribution in [-0.4, -0.2) is 28.7 Å². The predicted molar refractivity (Wildman–Crippen MR) is 68.3 cm³/mol. The maximum Gasteiger partial charge on any atom is 0.251 e. The first kappa shape index (κ1) is 12.3. The fourth-order valence-electron chi connectivity index (χ4n) is 1.80. The zero-order chi connectivity index (χ0) is 13.0. The number of fused-ring (bicyclic) bond motifs is 1. The minimum Gasteiger partial charge on any atom is -0.395 e. The highest BCUT2D eigenvalue weighted by Gasteiger charge is 2.07. The number of aliphatic hydroxyl groups excluding tert-OH is 1. The van der Waals surface area contributed by atoms with Crippen LogP contribution in [0.5, 0.6) is 0 Å². The maximum atomic E-state index is 11.8. The summed E-state index contributed by atoms with van der Waals surface area (Å²) in [5.74, 6) is -0.289. The highest BCUT2D eigenvalue weighted by molar-refractivity contribution is 5.82. The van der Waals surface area contributed by atoms with Crippen LogP contribution in [0.2, 0.25) is 0 Å². The molecule has 94 valence electrons. The molecule has 0 unspecified atom stereocenters. The highest BCUT2D eigenvalue weighted by Crippen LogP contribution is 2.10. The molecule has 0 fully saturated rings. The first-order chi connectivity index (χ1) is 8.72. The lowest BCUT2D eigenvalue weighted by atomic mass is 10.2. The monoisotopic (exact) mass is 246 g/mol. The summed E-state index contributed by atoms with van der Waals surface area (Å²) in [5.41, 5.74) is 0.511. The lowest BCUT2D eigenvalue weighted by molar-refractivity contribution is -0.121. The molecule has 5 heteroatoms. The summed E-state index contributed by atoms with van der Waals surface area (Å²) >= 11 is 0. The maximum absolute atomic E-state index is 11.8. The topological polar surface area (TPSA) is 71.3 Å². The molecule has 0 aliphatic heterocycles. The fraction of sp³-hybridized carbons (Fsp3) is 0.231. The van der Waals surface area contributed by atoms with E-state index in [0.29, 0.717) is 0 Å². The number of benzene rings is 1. The Kier molecular flexibility index (Phi) is 3.74. The number of carbonyl (C=O) groups is 1. The van der Waals surface area contributed by atoms with Gasteiger partial charge in [-0.05, 0) is 17.5 Å². The van der Waals surface area contributed by atoms with Gasteiger partial charge in [-0.25, -0.2) is 0 Å². The Morgan fingerprint density at radius 3 is 2.78 bits per heavy atom. The Hall–Kier alpha value is -2.14. The number of nitrogens with zero attached hydrogens (tertiary/aromatic N) is 1. The molecule has 1 heterocycles. The van der Waals surface area contributed by atoms with Crippen molar-refractivity contribution in [3.8, 4) is 0 Å². The number of rotatable bonds is 4. The van der Waals surface area contributed by atoms with Gasteiger partial charge in [0.2, 0.25) is 5.91 Å². The van der Waals surface area contributed by atoms with Gasteiger partial charge in [0.15, 0.2) is 0 Å². The first-order valence-electron chi connectivity index (χ1n) is 5.68. The lowest BCUT2D eigenvalue weighted by Gasteiger charge is -2.09. The van der Waals surface area contributed by atoms with Gasteiger partial charge in [0.25, 0.3) is 5.56 Å². The molecule has 2 rings (SSSR count). The number of aliphatic hydroxyl groups is 1. The Balaban J connectivity index is 2.35. The smallest absolute Gasteiger partial charge is 0.251 e. The van der Waals surface area contributed by atoms with Gasteiger partial charge in [-0.15, -0.1) is 0 Å². The molecule has 0 aliphatic rings. The molecule has 2 aromatic rings. The van der Waals surface area contributed by atoms with Crippen LogP contribution in [0.4, 0.5) is 0 Å². The van der Waals surface area contributed by atoms with Crippen molar-refractivity contribution in [3.05, 3.63) is 46.8 Å². The SMILES string of the molecule is O=C(Cn1c(=O)ccc2ccccc21)NCCO. The normalized spacial score (nSPS) is 10.5. The van der Waals surface area contributed by atoms with E-state index in [-0.39, 0.29) is 31.2 Å². The Morgan fingerprint density at radius 1 is 1.22 bits per heavy atom. The molecule has 1 aromatic carbocycles. The van der Waals surface area contributed by atoms with Crippen LogP contribution in [0.3, 0.4) is 0 Å². The molecule has 0 saturated heterocycles. The Labute approximate surface area is 104 Å². The lowest BCUT2D eigenvalue weighted by Crippen LogP contribution is -2.33. The van der Waals surface area contributed by atoms with Crippen molar-refractivity contribution < 1.29 is 9.90 Å². The van der Waals surface area contributed by atoms with Crippen molar-refractivity contribution in [2.45, 2.75) is 6.54 Å². The summed E-state index contributed by atoms with van der Waals surface area (Å²) in [6.45, 7) is 0.0364. The summed E-state index contributed by atoms with van der Waals surface area (Å²) in [4.78, 5) is 23.4. The fourth-order valence-corrected chi connectivity index (χ4v) is 1.80. The van der Waals surface area contributed by atoms with Gasteiger partial charge in [0.1, 0.15) is 6.54 Å². The molecule has 1 amide bonds. The van der Waals surface area contributed by atoms with Crippen molar-refractivity contribution >= 4 is 16.8 Å². The third-order valence-corrected chi connectivity index (χ3v) is 2.63. The third kappa shape index (κ3) is 2.57. The van der Waals surface area contributed by atoms with Gasteiger partial charge in [0, 0.05) is 12.6 Å². The molecular weight excluding hydrogens is 232 g/mol. The third-order valence-electron chi connectivity index (χ3n) is 2.63. The Morgan fingerprint density at radius 2 is 2.00 bits per heavy atom. The van der Waals surface area contributed by atoms with Crippen LogP contribution < -0.4 is 10.9 Å². The average Bonchev–Trinajstić information content (AvgIpc) is 2.40. The largest absolute Gasteiger partial charge is 0.395 e. The number of carbonyl (C=O) groups excluding carboxylic acids is 1. The van der Waals surface area contributed by atoms with E-state index >= 15 is 0 Å². The van der Waals surface area contributed by atoms with Gasteiger partial charge < -0.3 is 10.4 Å². The standard InChI is InChI=1S/C13H14N2O3/c16-8-7-14-12(17)9-15-11-4-2-1-3-10(11)5-6-13(15)18/h1-6,16H,7-9H2,(H,14,17). The van der Waals surface area contributed by atoms with E-state index in [0.717, 1.165) is 10.9 Å². The van der Waals surface area contributed by atoms with E-state index in [1.54, 1.807) is 12.1 Å². The van der Waals surface area contributed by atoms with Crippen LogP contribution in [0.1, 0.15) is 0 Å². The molecule has 0 bridgehead atoms. The summed E-state index contributed by atoms with van der Waals surface area (Å²) in [6.07, 6.45) is 0. The highest BCUT2D eigenvalue weighted by atomic mass is 16.3. The molecule has 0 saturated carbocycles. The average molecular weight is 246 g/mol. The molecule has 1 aromatic heterocycles. The molecule has 0 radical (unpaired) electrons. The zero-order valence-corrected chi connectivity index (χ0v) is 9.80. The molecule has 5 nitrogen and oxygen atoms in total. The van der Waals surface area contributed by atoms with Crippen LogP contribution in [0.15, 0.2) is 41.2 Å². The number of hydrogen-bond acceptors (Lipinski definition) is 3. The number of pyridine rings is 1. The predicted octanol–water partition coefficient (Wildman–Crippen LogP) is 0.110. The number of hydrogen-bond donors (Lipinski definition) is 2. The van der Waals surface area contributed by atoms with Gasteiger partial charge >= 0.3 is 0 Å². The molecule has 0 aliphatic carbocycles. The van der Waals surface area contributed by atoms with Gasteiger partial charge in [-0.1, -0.05) is 18.2 Å². The van der Waals surface area contributed by atoms with Crippen molar-refractivity contribution in [3.63, 3.8) is 0 Å². The quantitative estimate of drug-likeness (QED) is 0.804. The van der Waals surface area contributed by atoms with E-state index in [1.807, 2.05) is 18.2 Å². The Bertz CT molecular complexity index is 619. The van der Waals surface area contributed by atoms with Crippen LogP contribution in [0, 0.1) is 0 Å². The second-order valence-corrected chi connectivity index (χ2v) is 3.89. The molecule has 0 atom stereocenters. The van der Waals surface area contributed by atoms with Crippen LogP contribution in [-0.2, 0) is 11.3 Å². The van der Waals surface area contributed by atoms with Gasteiger partial charge in [-0.3, -0.25) is 14.2 Å². The number of aromatic nitrogens is 1. The van der Waals surface area contributed by atoms with Crippen LogP contribution in [0.25, 0.3) is 10.9 Å². The summed E-state index contributed by atoms with van der Waals surface area (Å²) in [7, 11) is 0. The molecular formula is C13H14N2O3. The van der Waals surface area contributed by atoms with Crippen molar-refractivity contribution in [1.82, 2.24) is 9.88 Å². The molecule has 0 spiro atoms. The number of nitrogens with one attached hydrogen (secondary N) is 1. The zero-order valence-electron chi connectivity index (χ0n) is 9.80. The first-order valence-corrected chi connectivity index (χ1v) is 5.68. The molecule has 2 N–H and O–H groups in total. The number of para-hydroxylation sites is 1. The minimum atomic E-state index is -0.289. The van der Waals surface area contributed by atoms with Gasteiger partial charge in [-0.2, -0.15) is 0 Å². The van der Waals surface area contributed by atoms with E-state index < -0.39 is 0 Å². The molecule has 18 heavy (non-hydrogen) atoms. The van der Waals surface area contributed by atoms with Crippen molar-refractivity contribution in [2.75, 3.05) is 13.2 Å². The van der Waals surface area contributed by atoms with Crippen molar-refractivity contribution in [1.29, 1.82) is 0 Å². The van der Waals surface area contributed by atoms with Gasteiger partial charge in [0.05, 0.1) is 12.1 Å². The van der Waals surface area contributed by atoms with E-state index in [1.165, 1.54) is 10.6 Å². The summed E-state index contributed by atoms with van der Waals surface area (Å²) in [6, 6.07) is 10.6. The van der Waals surface area contributed by atoms with Crippen molar-refractivity contribution in [2.24, 2.45) is 0 Å². The summed E-state index contributed by atoms with van der Waals surface area (Å²) < 4.78 is 1.42. The van der Waals surface area contributed by atoms with Crippen LogP contribution >= 0.6 is 0 Å². The van der Waals surface area contributed by atoms with E-state index in [9.17, 15) is 9.59 Å². The minimum absolute atomic E-state index is 0.0415. The van der Waals surface area contributed by atoms with E-state index in [4.69, 9.17) is 5.11 Å².